The number of nitrogens with two attached hydrogens (primary N) is 1. The van der Waals surface area contributed by atoms with E-state index >= 15 is 0 Å². The molecule has 2 N–H and O–H groups in total. The molecule has 1 aromatic carbocycles. The van der Waals surface area contributed by atoms with E-state index in [0.717, 1.165) is 17.2 Å². The van der Waals surface area contributed by atoms with Crippen molar-refractivity contribution in [3.8, 4) is 5.75 Å². The zero-order valence-corrected chi connectivity index (χ0v) is 13.5. The lowest BCUT2D eigenvalue weighted by Crippen LogP contribution is -2.10. The van der Waals surface area contributed by atoms with Gasteiger partial charge in [-0.05, 0) is 43.5 Å². The van der Waals surface area contributed by atoms with Crippen molar-refractivity contribution in [2.45, 2.75) is 27.2 Å². The lowest BCUT2D eigenvalue weighted by molar-refractivity contribution is 0.319. The van der Waals surface area contributed by atoms with Crippen LogP contribution in [0, 0.1) is 20.8 Å². The van der Waals surface area contributed by atoms with Crippen LogP contribution in [0.15, 0.2) is 17.5 Å². The maximum absolute atomic E-state index is 5.87. The smallest absolute Gasteiger partial charge is 0.123 e. The predicted molar refractivity (Wildman–Crippen MR) is 87.9 cm³/mol. The highest BCUT2D eigenvalue weighted by Gasteiger charge is 2.07. The van der Waals surface area contributed by atoms with Crippen LogP contribution in [0.4, 0.5) is 0 Å². The third-order valence-electron chi connectivity index (χ3n) is 3.14. The van der Waals surface area contributed by atoms with Crippen molar-refractivity contribution in [2.24, 2.45) is 5.73 Å². The van der Waals surface area contributed by atoms with Gasteiger partial charge in [0.2, 0.25) is 0 Å². The number of thiocarbonyl (C=S) groups is 1. The highest BCUT2D eigenvalue weighted by Crippen LogP contribution is 2.23. The molecule has 20 heavy (non-hydrogen) atoms. The number of hydrogen-bond acceptors (Lipinski definition) is 4. The van der Waals surface area contributed by atoms with Crippen LogP contribution in [0.3, 0.4) is 0 Å². The highest BCUT2D eigenvalue weighted by molar-refractivity contribution is 7.80. The van der Waals surface area contributed by atoms with Crippen LogP contribution in [0.5, 0.6) is 5.75 Å². The molecule has 2 rings (SSSR count). The van der Waals surface area contributed by atoms with Crippen molar-refractivity contribution in [2.75, 3.05) is 6.61 Å². The zero-order chi connectivity index (χ0) is 14.7. The quantitative estimate of drug-likeness (QED) is 0.861. The Labute approximate surface area is 128 Å². The Kier molecular flexibility index (Phi) is 4.73. The van der Waals surface area contributed by atoms with Gasteiger partial charge in [0.05, 0.1) is 11.6 Å². The molecule has 0 radical (unpaired) electrons. The number of aryl methyl sites for hydroxylation is 2. The number of rotatable bonds is 5. The molecule has 1 aromatic heterocycles. The maximum atomic E-state index is 5.87. The minimum Gasteiger partial charge on any atom is -0.493 e. The first-order valence-electron chi connectivity index (χ1n) is 6.42. The maximum Gasteiger partial charge on any atom is 0.123 e. The van der Waals surface area contributed by atoms with Gasteiger partial charge in [-0.25, -0.2) is 4.98 Å². The van der Waals surface area contributed by atoms with E-state index in [1.165, 1.54) is 16.7 Å². The third-order valence-corrected chi connectivity index (χ3v) is 4.26. The molecule has 106 valence electrons. The predicted octanol–water partition coefficient (Wildman–Crippen LogP) is 3.32. The summed E-state index contributed by atoms with van der Waals surface area (Å²) >= 11 is 6.47. The second-order valence-electron chi connectivity index (χ2n) is 4.79. The van der Waals surface area contributed by atoms with Crippen LogP contribution in [0.2, 0.25) is 0 Å². The van der Waals surface area contributed by atoms with Crippen LogP contribution < -0.4 is 10.5 Å². The molecule has 0 unspecified atom stereocenters. The molecule has 0 bridgehead atoms. The van der Waals surface area contributed by atoms with Gasteiger partial charge >= 0.3 is 0 Å². The highest BCUT2D eigenvalue weighted by atomic mass is 32.1. The first kappa shape index (κ1) is 14.9. The van der Waals surface area contributed by atoms with Crippen LogP contribution in [0.25, 0.3) is 0 Å². The van der Waals surface area contributed by atoms with E-state index in [9.17, 15) is 0 Å². The van der Waals surface area contributed by atoms with Crippen molar-refractivity contribution < 1.29 is 4.74 Å². The molecular formula is C15H18N2OS2. The van der Waals surface area contributed by atoms with E-state index in [0.29, 0.717) is 17.3 Å². The van der Waals surface area contributed by atoms with E-state index in [1.54, 1.807) is 11.3 Å². The fourth-order valence-corrected chi connectivity index (χ4v) is 2.90. The summed E-state index contributed by atoms with van der Waals surface area (Å²) in [6.07, 6.45) is 0.764. The Hall–Kier alpha value is -1.46. The molecule has 0 saturated carbocycles. The summed E-state index contributed by atoms with van der Waals surface area (Å²) < 4.78 is 5.87. The molecule has 5 heteroatoms. The van der Waals surface area contributed by atoms with E-state index in [-0.39, 0.29) is 0 Å². The number of aromatic nitrogens is 1. The van der Waals surface area contributed by atoms with E-state index < -0.39 is 0 Å². The zero-order valence-electron chi connectivity index (χ0n) is 11.9. The van der Waals surface area contributed by atoms with Crippen LogP contribution in [-0.4, -0.2) is 16.6 Å². The largest absolute Gasteiger partial charge is 0.493 e. The summed E-state index contributed by atoms with van der Waals surface area (Å²) in [4.78, 5) is 4.72. The van der Waals surface area contributed by atoms with Gasteiger partial charge < -0.3 is 10.5 Å². The Bertz CT molecular complexity index is 635. The summed E-state index contributed by atoms with van der Waals surface area (Å²) in [5, 5.41) is 2.88. The van der Waals surface area contributed by atoms with Gasteiger partial charge in [-0.2, -0.15) is 0 Å². The average Bonchev–Trinajstić information content (AvgIpc) is 2.84. The molecule has 0 atom stereocenters. The molecule has 0 amide bonds. The van der Waals surface area contributed by atoms with Gasteiger partial charge in [0.25, 0.3) is 0 Å². The fourth-order valence-electron chi connectivity index (χ4n) is 1.94. The van der Waals surface area contributed by atoms with Crippen LogP contribution in [0.1, 0.15) is 27.4 Å². The van der Waals surface area contributed by atoms with Gasteiger partial charge in [0, 0.05) is 11.8 Å². The first-order valence-corrected chi connectivity index (χ1v) is 7.71. The minimum absolute atomic E-state index is 0.346. The van der Waals surface area contributed by atoms with Gasteiger partial charge in [0.15, 0.2) is 0 Å². The van der Waals surface area contributed by atoms with E-state index in [1.807, 2.05) is 5.38 Å². The van der Waals surface area contributed by atoms with Gasteiger partial charge in [-0.3, -0.25) is 0 Å². The lowest BCUT2D eigenvalue weighted by Gasteiger charge is -2.11. The van der Waals surface area contributed by atoms with Crippen molar-refractivity contribution in [1.29, 1.82) is 0 Å². The summed E-state index contributed by atoms with van der Waals surface area (Å²) in [7, 11) is 0. The molecule has 0 aliphatic carbocycles. The fraction of sp³-hybridized carbons (Fsp3) is 0.333. The van der Waals surface area contributed by atoms with Crippen molar-refractivity contribution in [3.05, 3.63) is 44.9 Å². The second kappa shape index (κ2) is 6.33. The number of benzene rings is 1. The Morgan fingerprint density at radius 2 is 2.10 bits per heavy atom. The Balaban J connectivity index is 1.97. The lowest BCUT2D eigenvalue weighted by atomic mass is 10.1. The Morgan fingerprint density at radius 3 is 2.75 bits per heavy atom. The van der Waals surface area contributed by atoms with Crippen LogP contribution in [-0.2, 0) is 6.42 Å². The molecular weight excluding hydrogens is 288 g/mol. The normalized spacial score (nSPS) is 10.6. The second-order valence-corrected chi connectivity index (χ2v) is 6.18. The molecule has 0 saturated heterocycles. The van der Waals surface area contributed by atoms with Crippen molar-refractivity contribution in [3.63, 3.8) is 0 Å². The summed E-state index contributed by atoms with van der Waals surface area (Å²) in [5.41, 5.74) is 9.90. The SMILES string of the molecule is Cc1cc(C)c(C)c(OCCc2nc(C(N)=S)cs2)c1. The van der Waals surface area contributed by atoms with Crippen molar-refractivity contribution >= 4 is 28.5 Å². The molecule has 2 aromatic rings. The average molecular weight is 306 g/mol. The summed E-state index contributed by atoms with van der Waals surface area (Å²) in [6.45, 7) is 6.87. The molecule has 3 nitrogen and oxygen atoms in total. The first-order chi connectivity index (χ1) is 9.47. The molecule has 0 aliphatic heterocycles. The summed E-state index contributed by atoms with van der Waals surface area (Å²) in [6, 6.07) is 4.24. The molecule has 0 aliphatic rings. The number of ether oxygens (including phenoxy) is 1. The monoisotopic (exact) mass is 306 g/mol. The standard InChI is InChI=1S/C15H18N2OS2/c1-9-6-10(2)11(3)13(7-9)18-5-4-14-17-12(8-20-14)15(16)19/h6-8H,4-5H2,1-3H3,(H2,16,19). The van der Waals surface area contributed by atoms with Crippen molar-refractivity contribution in [1.82, 2.24) is 4.98 Å². The number of nitrogens with zero attached hydrogens (tertiary/aromatic N) is 1. The molecule has 0 spiro atoms. The molecule has 0 fully saturated rings. The van der Waals surface area contributed by atoms with E-state index in [4.69, 9.17) is 22.7 Å². The van der Waals surface area contributed by atoms with Crippen LogP contribution >= 0.6 is 23.6 Å². The van der Waals surface area contributed by atoms with Gasteiger partial charge in [-0.15, -0.1) is 11.3 Å². The number of hydrogen-bond donors (Lipinski definition) is 1. The topological polar surface area (TPSA) is 48.1 Å². The minimum atomic E-state index is 0.346. The van der Waals surface area contributed by atoms with Gasteiger partial charge in [-0.1, -0.05) is 18.3 Å². The number of thiazole rings is 1. The summed E-state index contributed by atoms with van der Waals surface area (Å²) in [5.74, 6) is 0.952. The Morgan fingerprint density at radius 1 is 1.35 bits per heavy atom. The van der Waals surface area contributed by atoms with E-state index in [2.05, 4.69) is 37.9 Å². The third kappa shape index (κ3) is 3.55. The molecule has 1 heterocycles. The van der Waals surface area contributed by atoms with Gasteiger partial charge in [0.1, 0.15) is 16.4 Å².